The Bertz CT molecular complexity index is 573. The fraction of sp³-hybridized carbons (Fsp3) is 0.500. The van der Waals surface area contributed by atoms with Crippen molar-refractivity contribution in [1.29, 1.82) is 0 Å². The molecule has 102 valence electrons. The lowest BCUT2D eigenvalue weighted by molar-refractivity contribution is 0.0268. The first kappa shape index (κ1) is 12.6. The molecule has 19 heavy (non-hydrogen) atoms. The van der Waals surface area contributed by atoms with Gasteiger partial charge in [-0.05, 0) is 6.07 Å². The maximum atomic E-state index is 10.2. The van der Waals surface area contributed by atoms with Crippen LogP contribution in [0.5, 0.6) is 0 Å². The van der Waals surface area contributed by atoms with Gasteiger partial charge in [0, 0.05) is 38.6 Å². The van der Waals surface area contributed by atoms with Crippen LogP contribution in [0.1, 0.15) is 12.1 Å². The summed E-state index contributed by atoms with van der Waals surface area (Å²) in [4.78, 5) is 0. The molecule has 1 fully saturated rings. The second kappa shape index (κ2) is 4.92. The molecule has 1 unspecified atom stereocenters. The van der Waals surface area contributed by atoms with E-state index in [2.05, 4.69) is 22.5 Å². The zero-order valence-corrected chi connectivity index (χ0v) is 11.1. The Kier molecular flexibility index (Phi) is 3.26. The highest BCUT2D eigenvalue weighted by atomic mass is 16.5. The van der Waals surface area contributed by atoms with Gasteiger partial charge in [-0.3, -0.25) is 4.68 Å². The van der Waals surface area contributed by atoms with E-state index in [0.29, 0.717) is 32.7 Å². The molecule has 5 nitrogen and oxygen atoms in total. The summed E-state index contributed by atoms with van der Waals surface area (Å²) in [5, 5.41) is 19.1. The quantitative estimate of drug-likeness (QED) is 0.855. The molecule has 0 radical (unpaired) electrons. The van der Waals surface area contributed by atoms with Crippen molar-refractivity contribution < 1.29 is 9.84 Å². The van der Waals surface area contributed by atoms with Gasteiger partial charge in [0.05, 0.1) is 17.8 Å². The highest BCUT2D eigenvalue weighted by molar-refractivity contribution is 5.81. The molecule has 0 spiro atoms. The third-order valence-corrected chi connectivity index (χ3v) is 3.66. The third kappa shape index (κ3) is 2.49. The summed E-state index contributed by atoms with van der Waals surface area (Å²) in [6.45, 7) is 2.26. The van der Waals surface area contributed by atoms with Crippen LogP contribution in [0.4, 0.5) is 0 Å². The molecule has 0 saturated carbocycles. The lowest BCUT2D eigenvalue weighted by Gasteiger charge is -2.20. The summed E-state index contributed by atoms with van der Waals surface area (Å²) in [5.74, 6) is 0. The average molecular weight is 261 g/mol. The van der Waals surface area contributed by atoms with E-state index in [0.717, 1.165) is 16.6 Å². The summed E-state index contributed by atoms with van der Waals surface area (Å²) in [6, 6.07) is 8.17. The second-order valence-corrected chi connectivity index (χ2v) is 5.22. The van der Waals surface area contributed by atoms with Crippen LogP contribution in [0.25, 0.3) is 10.9 Å². The number of aliphatic hydroxyl groups is 1. The Morgan fingerprint density at radius 2 is 2.32 bits per heavy atom. The summed E-state index contributed by atoms with van der Waals surface area (Å²) in [6.07, 6.45) is 0.697. The molecule has 2 N–H and O–H groups in total. The van der Waals surface area contributed by atoms with Gasteiger partial charge < -0.3 is 15.2 Å². The monoisotopic (exact) mass is 261 g/mol. The highest BCUT2D eigenvalue weighted by Gasteiger charge is 2.31. The van der Waals surface area contributed by atoms with Crippen LogP contribution in [-0.4, -0.2) is 40.2 Å². The molecular weight excluding hydrogens is 242 g/mol. The van der Waals surface area contributed by atoms with Crippen molar-refractivity contribution in [2.24, 2.45) is 7.05 Å². The topological polar surface area (TPSA) is 59.3 Å². The van der Waals surface area contributed by atoms with E-state index in [1.165, 1.54) is 0 Å². The first-order valence-electron chi connectivity index (χ1n) is 6.59. The molecule has 1 aliphatic rings. The molecule has 1 aliphatic heterocycles. The normalized spacial score (nSPS) is 23.3. The predicted octanol–water partition coefficient (Wildman–Crippen LogP) is 0.814. The zero-order valence-electron chi connectivity index (χ0n) is 11.1. The van der Waals surface area contributed by atoms with Crippen LogP contribution in [-0.2, 0) is 18.3 Å². The van der Waals surface area contributed by atoms with Crippen LogP contribution in [0.15, 0.2) is 24.3 Å². The van der Waals surface area contributed by atoms with Crippen LogP contribution in [0, 0.1) is 0 Å². The average Bonchev–Trinajstić information content (AvgIpc) is 2.96. The number of nitrogens with one attached hydrogen (secondary N) is 1. The van der Waals surface area contributed by atoms with Crippen LogP contribution in [0.2, 0.25) is 0 Å². The van der Waals surface area contributed by atoms with Gasteiger partial charge >= 0.3 is 0 Å². The molecule has 2 heterocycles. The number of para-hydroxylation sites is 1. The van der Waals surface area contributed by atoms with Crippen molar-refractivity contribution in [1.82, 2.24) is 15.1 Å². The third-order valence-electron chi connectivity index (χ3n) is 3.66. The number of aromatic nitrogens is 2. The van der Waals surface area contributed by atoms with Gasteiger partial charge in [-0.1, -0.05) is 18.2 Å². The Morgan fingerprint density at radius 1 is 1.47 bits per heavy atom. The van der Waals surface area contributed by atoms with Gasteiger partial charge in [0.25, 0.3) is 0 Å². The van der Waals surface area contributed by atoms with Crippen LogP contribution >= 0.6 is 0 Å². The maximum absolute atomic E-state index is 10.2. The molecule has 0 bridgehead atoms. The van der Waals surface area contributed by atoms with E-state index in [9.17, 15) is 5.11 Å². The molecule has 1 aromatic heterocycles. The zero-order chi connectivity index (χ0) is 13.3. The SMILES string of the molecule is Cn1nc(CNCC2(O)CCOC2)c2ccccc21. The molecule has 0 amide bonds. The predicted molar refractivity (Wildman–Crippen MR) is 72.8 cm³/mol. The molecule has 1 atom stereocenters. The molecule has 0 aliphatic carbocycles. The second-order valence-electron chi connectivity index (χ2n) is 5.22. The number of fused-ring (bicyclic) bond motifs is 1. The smallest absolute Gasteiger partial charge is 0.103 e. The van der Waals surface area contributed by atoms with Gasteiger partial charge in [0.2, 0.25) is 0 Å². The minimum Gasteiger partial charge on any atom is -0.386 e. The van der Waals surface area contributed by atoms with Gasteiger partial charge in [-0.2, -0.15) is 5.10 Å². The van der Waals surface area contributed by atoms with E-state index < -0.39 is 5.60 Å². The molecular formula is C14H19N3O2. The fourth-order valence-electron chi connectivity index (χ4n) is 2.57. The van der Waals surface area contributed by atoms with Gasteiger partial charge in [-0.25, -0.2) is 0 Å². The van der Waals surface area contributed by atoms with E-state index >= 15 is 0 Å². The highest BCUT2D eigenvalue weighted by Crippen LogP contribution is 2.19. The van der Waals surface area contributed by atoms with E-state index in [-0.39, 0.29) is 0 Å². The minimum atomic E-state index is -0.718. The number of nitrogens with zero attached hydrogens (tertiary/aromatic N) is 2. The van der Waals surface area contributed by atoms with Gasteiger partial charge in [-0.15, -0.1) is 0 Å². The number of benzene rings is 1. The van der Waals surface area contributed by atoms with Crippen molar-refractivity contribution >= 4 is 10.9 Å². The number of rotatable bonds is 4. The lowest BCUT2D eigenvalue weighted by Crippen LogP contribution is -2.40. The Hall–Kier alpha value is -1.43. The van der Waals surface area contributed by atoms with Crippen molar-refractivity contribution in [3.8, 4) is 0 Å². The number of hydrogen-bond donors (Lipinski definition) is 2. The van der Waals surface area contributed by atoms with Gasteiger partial charge in [0.1, 0.15) is 5.60 Å². The number of hydrogen-bond acceptors (Lipinski definition) is 4. The summed E-state index contributed by atoms with van der Waals surface area (Å²) in [5.41, 5.74) is 1.42. The first-order valence-corrected chi connectivity index (χ1v) is 6.59. The number of ether oxygens (including phenoxy) is 1. The first-order chi connectivity index (χ1) is 9.18. The van der Waals surface area contributed by atoms with Crippen LogP contribution in [0.3, 0.4) is 0 Å². The van der Waals surface area contributed by atoms with Crippen molar-refractivity contribution in [3.63, 3.8) is 0 Å². The maximum Gasteiger partial charge on any atom is 0.103 e. The van der Waals surface area contributed by atoms with E-state index in [1.807, 2.05) is 23.9 Å². The molecule has 5 heteroatoms. The van der Waals surface area contributed by atoms with Crippen LogP contribution < -0.4 is 5.32 Å². The number of aryl methyl sites for hydroxylation is 1. The van der Waals surface area contributed by atoms with Gasteiger partial charge in [0.15, 0.2) is 0 Å². The fourth-order valence-corrected chi connectivity index (χ4v) is 2.57. The summed E-state index contributed by atoms with van der Waals surface area (Å²) in [7, 11) is 1.95. The Morgan fingerprint density at radius 3 is 3.11 bits per heavy atom. The minimum absolute atomic E-state index is 0.420. The largest absolute Gasteiger partial charge is 0.386 e. The molecule has 2 aromatic rings. The van der Waals surface area contributed by atoms with E-state index in [4.69, 9.17) is 4.74 Å². The summed E-state index contributed by atoms with van der Waals surface area (Å²) < 4.78 is 7.12. The summed E-state index contributed by atoms with van der Waals surface area (Å²) >= 11 is 0. The van der Waals surface area contributed by atoms with Crippen molar-refractivity contribution in [2.45, 2.75) is 18.6 Å². The molecule has 1 aromatic carbocycles. The Labute approximate surface area is 112 Å². The lowest BCUT2D eigenvalue weighted by atomic mass is 10.0. The van der Waals surface area contributed by atoms with Crippen molar-refractivity contribution in [3.05, 3.63) is 30.0 Å². The van der Waals surface area contributed by atoms with E-state index in [1.54, 1.807) is 0 Å². The Balaban J connectivity index is 1.68. The molecule has 1 saturated heterocycles. The standard InChI is InChI=1S/C14H19N3O2/c1-17-13-5-3-2-4-11(13)12(16-17)8-15-9-14(18)6-7-19-10-14/h2-5,15,18H,6-10H2,1H3. The molecule has 3 rings (SSSR count). The van der Waals surface area contributed by atoms with Crippen molar-refractivity contribution in [2.75, 3.05) is 19.8 Å².